The topological polar surface area (TPSA) is 47.6 Å². The van der Waals surface area contributed by atoms with Crippen LogP contribution in [-0.4, -0.2) is 12.5 Å². The van der Waals surface area contributed by atoms with E-state index >= 15 is 0 Å². The first-order valence-electron chi connectivity index (χ1n) is 8.67. The summed E-state index contributed by atoms with van der Waals surface area (Å²) in [5, 5.41) is 3.57. The molecule has 0 fully saturated rings. The summed E-state index contributed by atoms with van der Waals surface area (Å²) in [5.41, 5.74) is 2.05. The third-order valence-corrected chi connectivity index (χ3v) is 4.13. The predicted octanol–water partition coefficient (Wildman–Crippen LogP) is 5.57. The second-order valence-corrected chi connectivity index (χ2v) is 6.23. The van der Waals surface area contributed by atoms with Crippen LogP contribution in [0.25, 0.3) is 0 Å². The van der Waals surface area contributed by atoms with Crippen molar-refractivity contribution in [3.8, 4) is 11.5 Å². The molecule has 0 unspecified atom stereocenters. The SMILES string of the molecule is CCOc1ccccc1NC(=O)c1ccccc1OCc1ccc(Cl)cc1. The number of carbonyl (C=O) groups is 1. The maximum Gasteiger partial charge on any atom is 0.259 e. The Morgan fingerprint density at radius 3 is 2.30 bits per heavy atom. The van der Waals surface area contributed by atoms with Gasteiger partial charge in [0.05, 0.1) is 17.9 Å². The van der Waals surface area contributed by atoms with Crippen LogP contribution in [-0.2, 0) is 6.61 Å². The predicted molar refractivity (Wildman–Crippen MR) is 108 cm³/mol. The van der Waals surface area contributed by atoms with Crippen molar-refractivity contribution >= 4 is 23.2 Å². The Morgan fingerprint density at radius 2 is 1.56 bits per heavy atom. The van der Waals surface area contributed by atoms with E-state index in [1.807, 2.05) is 55.5 Å². The Kier molecular flexibility index (Phi) is 6.34. The van der Waals surface area contributed by atoms with E-state index in [2.05, 4.69) is 5.32 Å². The van der Waals surface area contributed by atoms with E-state index in [1.54, 1.807) is 24.3 Å². The summed E-state index contributed by atoms with van der Waals surface area (Å²) < 4.78 is 11.4. The van der Waals surface area contributed by atoms with Crippen molar-refractivity contribution in [3.05, 3.63) is 88.9 Å². The first-order valence-corrected chi connectivity index (χ1v) is 9.04. The molecule has 0 spiro atoms. The van der Waals surface area contributed by atoms with Gasteiger partial charge in [-0.25, -0.2) is 0 Å². The molecular formula is C22H20ClNO3. The molecule has 5 heteroatoms. The fourth-order valence-corrected chi connectivity index (χ4v) is 2.69. The van der Waals surface area contributed by atoms with Crippen LogP contribution in [0.5, 0.6) is 11.5 Å². The van der Waals surface area contributed by atoms with Crippen molar-refractivity contribution in [2.24, 2.45) is 0 Å². The van der Waals surface area contributed by atoms with Gasteiger partial charge in [-0.15, -0.1) is 0 Å². The van der Waals surface area contributed by atoms with Gasteiger partial charge in [0.25, 0.3) is 5.91 Å². The minimum atomic E-state index is -0.256. The van der Waals surface area contributed by atoms with Crippen molar-refractivity contribution in [1.82, 2.24) is 0 Å². The summed E-state index contributed by atoms with van der Waals surface area (Å²) >= 11 is 5.90. The molecule has 0 aliphatic rings. The molecular weight excluding hydrogens is 362 g/mol. The number of rotatable bonds is 7. The number of anilines is 1. The highest BCUT2D eigenvalue weighted by atomic mass is 35.5. The van der Waals surface area contributed by atoms with Crippen molar-refractivity contribution < 1.29 is 14.3 Å². The van der Waals surface area contributed by atoms with Gasteiger partial charge in [0, 0.05) is 5.02 Å². The van der Waals surface area contributed by atoms with Gasteiger partial charge in [-0.2, -0.15) is 0 Å². The lowest BCUT2D eigenvalue weighted by atomic mass is 10.1. The van der Waals surface area contributed by atoms with Gasteiger partial charge in [-0.3, -0.25) is 4.79 Å². The molecule has 0 aliphatic heterocycles. The van der Waals surface area contributed by atoms with Crippen molar-refractivity contribution in [3.63, 3.8) is 0 Å². The minimum Gasteiger partial charge on any atom is -0.492 e. The first-order chi connectivity index (χ1) is 13.2. The zero-order valence-corrected chi connectivity index (χ0v) is 15.7. The molecule has 0 saturated carbocycles. The fourth-order valence-electron chi connectivity index (χ4n) is 2.56. The molecule has 4 nitrogen and oxygen atoms in total. The van der Waals surface area contributed by atoms with Gasteiger partial charge in [-0.05, 0) is 48.9 Å². The summed E-state index contributed by atoms with van der Waals surface area (Å²) in [5.74, 6) is 0.889. The second kappa shape index (κ2) is 9.10. The molecule has 27 heavy (non-hydrogen) atoms. The molecule has 0 bridgehead atoms. The number of amides is 1. The highest BCUT2D eigenvalue weighted by molar-refractivity contribution is 6.30. The molecule has 3 rings (SSSR count). The maximum absolute atomic E-state index is 12.8. The van der Waals surface area contributed by atoms with E-state index in [0.717, 1.165) is 5.56 Å². The number of ether oxygens (including phenoxy) is 2. The molecule has 3 aromatic carbocycles. The van der Waals surface area contributed by atoms with Crippen molar-refractivity contribution in [2.75, 3.05) is 11.9 Å². The second-order valence-electron chi connectivity index (χ2n) is 5.79. The first kappa shape index (κ1) is 18.8. The van der Waals surface area contributed by atoms with Gasteiger partial charge >= 0.3 is 0 Å². The molecule has 0 saturated heterocycles. The molecule has 0 heterocycles. The lowest BCUT2D eigenvalue weighted by molar-refractivity contribution is 0.102. The summed E-state index contributed by atoms with van der Waals surface area (Å²) in [6.07, 6.45) is 0. The molecule has 0 radical (unpaired) electrons. The standard InChI is InChI=1S/C22H20ClNO3/c1-2-26-21-10-6-4-8-19(21)24-22(25)18-7-3-5-9-20(18)27-15-16-11-13-17(23)14-12-16/h3-14H,2,15H2,1H3,(H,24,25). The Morgan fingerprint density at radius 1 is 0.889 bits per heavy atom. The van der Waals surface area contributed by atoms with E-state index in [4.69, 9.17) is 21.1 Å². The third kappa shape index (κ3) is 5.02. The van der Waals surface area contributed by atoms with Gasteiger partial charge < -0.3 is 14.8 Å². The van der Waals surface area contributed by atoms with Gasteiger partial charge in [-0.1, -0.05) is 48.0 Å². The summed E-state index contributed by atoms with van der Waals surface area (Å²) in [6, 6.07) is 21.9. The van der Waals surface area contributed by atoms with Crippen LogP contribution in [0.1, 0.15) is 22.8 Å². The Labute approximate surface area is 163 Å². The summed E-state index contributed by atoms with van der Waals surface area (Å²) in [4.78, 5) is 12.8. The maximum atomic E-state index is 12.8. The van der Waals surface area contributed by atoms with E-state index in [0.29, 0.717) is 41.0 Å². The van der Waals surface area contributed by atoms with Gasteiger partial charge in [0.2, 0.25) is 0 Å². The number of nitrogens with one attached hydrogen (secondary N) is 1. The van der Waals surface area contributed by atoms with Crippen molar-refractivity contribution in [2.45, 2.75) is 13.5 Å². The minimum absolute atomic E-state index is 0.256. The Balaban J connectivity index is 1.75. The monoisotopic (exact) mass is 381 g/mol. The van der Waals surface area contributed by atoms with E-state index in [1.165, 1.54) is 0 Å². The zero-order valence-electron chi connectivity index (χ0n) is 14.9. The van der Waals surface area contributed by atoms with E-state index in [9.17, 15) is 4.79 Å². The van der Waals surface area contributed by atoms with Crippen LogP contribution >= 0.6 is 11.6 Å². The Bertz CT molecular complexity index is 909. The van der Waals surface area contributed by atoms with Crippen LogP contribution in [0.2, 0.25) is 5.02 Å². The van der Waals surface area contributed by atoms with Crippen LogP contribution in [0.15, 0.2) is 72.8 Å². The lowest BCUT2D eigenvalue weighted by Crippen LogP contribution is -2.14. The van der Waals surface area contributed by atoms with Crippen LogP contribution in [0.3, 0.4) is 0 Å². The number of hydrogen-bond acceptors (Lipinski definition) is 3. The van der Waals surface area contributed by atoms with Crippen LogP contribution < -0.4 is 14.8 Å². The summed E-state index contributed by atoms with van der Waals surface area (Å²) in [7, 11) is 0. The van der Waals surface area contributed by atoms with E-state index < -0.39 is 0 Å². The molecule has 3 aromatic rings. The molecule has 0 aromatic heterocycles. The quantitative estimate of drug-likeness (QED) is 0.582. The highest BCUT2D eigenvalue weighted by Crippen LogP contribution is 2.26. The molecule has 0 atom stereocenters. The molecule has 138 valence electrons. The molecule has 1 N–H and O–H groups in total. The van der Waals surface area contributed by atoms with Gasteiger partial charge in [0.1, 0.15) is 18.1 Å². The fraction of sp³-hybridized carbons (Fsp3) is 0.136. The third-order valence-electron chi connectivity index (χ3n) is 3.87. The average Bonchev–Trinajstić information content (AvgIpc) is 2.69. The number of para-hydroxylation sites is 3. The number of benzene rings is 3. The molecule has 1 amide bonds. The Hall–Kier alpha value is -2.98. The summed E-state index contributed by atoms with van der Waals surface area (Å²) in [6.45, 7) is 2.77. The number of carbonyl (C=O) groups excluding carboxylic acids is 1. The van der Waals surface area contributed by atoms with Crippen LogP contribution in [0, 0.1) is 0 Å². The lowest BCUT2D eigenvalue weighted by Gasteiger charge is -2.14. The molecule has 0 aliphatic carbocycles. The number of halogens is 1. The van der Waals surface area contributed by atoms with E-state index in [-0.39, 0.29) is 5.91 Å². The number of hydrogen-bond donors (Lipinski definition) is 1. The normalized spacial score (nSPS) is 10.3. The largest absolute Gasteiger partial charge is 0.492 e. The smallest absolute Gasteiger partial charge is 0.259 e. The van der Waals surface area contributed by atoms with Gasteiger partial charge in [0.15, 0.2) is 0 Å². The van der Waals surface area contributed by atoms with Crippen LogP contribution in [0.4, 0.5) is 5.69 Å². The van der Waals surface area contributed by atoms with Crippen molar-refractivity contribution in [1.29, 1.82) is 0 Å². The highest BCUT2D eigenvalue weighted by Gasteiger charge is 2.14. The average molecular weight is 382 g/mol. The zero-order chi connectivity index (χ0) is 19.1.